The first-order chi connectivity index (χ1) is 13.0. The van der Waals surface area contributed by atoms with Crippen LogP contribution in [0.15, 0.2) is 23.0 Å². The van der Waals surface area contributed by atoms with Crippen LogP contribution in [-0.2, 0) is 33.1 Å². The zero-order valence-corrected chi connectivity index (χ0v) is 15.9. The van der Waals surface area contributed by atoms with E-state index < -0.39 is 6.10 Å². The summed E-state index contributed by atoms with van der Waals surface area (Å²) in [6.07, 6.45) is 3.46. The fraction of sp³-hybridized carbons (Fsp3) is 0.556. The van der Waals surface area contributed by atoms with Crippen molar-refractivity contribution in [1.29, 1.82) is 0 Å². The lowest BCUT2D eigenvalue weighted by Gasteiger charge is -2.26. The van der Waals surface area contributed by atoms with Crippen molar-refractivity contribution in [3.8, 4) is 0 Å². The van der Waals surface area contributed by atoms with E-state index in [0.29, 0.717) is 35.7 Å². The molecule has 4 heterocycles. The Balaban J connectivity index is 1.43. The van der Waals surface area contributed by atoms with E-state index in [4.69, 9.17) is 4.52 Å². The molecule has 1 aliphatic rings. The molecule has 1 N–H and O–H groups in total. The summed E-state index contributed by atoms with van der Waals surface area (Å²) in [4.78, 5) is 11.0. The third-order valence-electron chi connectivity index (χ3n) is 4.74. The van der Waals surface area contributed by atoms with E-state index in [-0.39, 0.29) is 0 Å². The van der Waals surface area contributed by atoms with Gasteiger partial charge in [-0.25, -0.2) is 4.98 Å². The SMILES string of the molecule is CC(C)Cc1nc(CN2CCn3nc([C@H](O)c4nccn4C)cc3C2)no1. The lowest BCUT2D eigenvalue weighted by molar-refractivity contribution is 0.191. The average Bonchev–Trinajstić information content (AvgIpc) is 3.33. The Hall–Kier alpha value is -2.52. The molecule has 3 aromatic heterocycles. The minimum absolute atomic E-state index is 0.492. The number of aliphatic hydroxyl groups excluding tert-OH is 1. The van der Waals surface area contributed by atoms with Gasteiger partial charge in [0.2, 0.25) is 5.89 Å². The van der Waals surface area contributed by atoms with Crippen molar-refractivity contribution < 1.29 is 9.63 Å². The zero-order valence-electron chi connectivity index (χ0n) is 15.9. The van der Waals surface area contributed by atoms with Gasteiger partial charge >= 0.3 is 0 Å². The third kappa shape index (κ3) is 3.79. The van der Waals surface area contributed by atoms with Gasteiger partial charge in [0.25, 0.3) is 0 Å². The predicted molar refractivity (Wildman–Crippen MR) is 96.5 cm³/mol. The minimum atomic E-state index is -0.827. The van der Waals surface area contributed by atoms with Gasteiger partial charge in [0.05, 0.1) is 24.5 Å². The predicted octanol–water partition coefficient (Wildman–Crippen LogP) is 1.30. The van der Waals surface area contributed by atoms with Crippen molar-refractivity contribution in [2.45, 2.75) is 46.0 Å². The maximum absolute atomic E-state index is 10.6. The summed E-state index contributed by atoms with van der Waals surface area (Å²) in [6, 6.07) is 1.95. The van der Waals surface area contributed by atoms with E-state index in [1.807, 2.05) is 24.0 Å². The number of rotatable bonds is 6. The summed E-state index contributed by atoms with van der Waals surface area (Å²) >= 11 is 0. The molecule has 9 heteroatoms. The smallest absolute Gasteiger partial charge is 0.226 e. The number of aryl methyl sites for hydroxylation is 1. The first-order valence-corrected chi connectivity index (χ1v) is 9.25. The molecule has 3 aromatic rings. The van der Waals surface area contributed by atoms with Crippen molar-refractivity contribution in [3.05, 3.63) is 47.4 Å². The van der Waals surface area contributed by atoms with Gasteiger partial charge in [-0.15, -0.1) is 0 Å². The van der Waals surface area contributed by atoms with Crippen LogP contribution in [0, 0.1) is 5.92 Å². The summed E-state index contributed by atoms with van der Waals surface area (Å²) in [7, 11) is 1.86. The third-order valence-corrected chi connectivity index (χ3v) is 4.74. The maximum Gasteiger partial charge on any atom is 0.226 e. The van der Waals surface area contributed by atoms with Crippen LogP contribution in [-0.4, -0.2) is 46.0 Å². The van der Waals surface area contributed by atoms with Gasteiger partial charge in [-0.3, -0.25) is 9.58 Å². The summed E-state index contributed by atoms with van der Waals surface area (Å²) in [5.41, 5.74) is 1.69. The van der Waals surface area contributed by atoms with Crippen molar-refractivity contribution >= 4 is 0 Å². The number of aromatic nitrogens is 6. The van der Waals surface area contributed by atoms with E-state index in [1.54, 1.807) is 10.8 Å². The molecular weight excluding hydrogens is 346 g/mol. The summed E-state index contributed by atoms with van der Waals surface area (Å²) < 4.78 is 9.09. The molecule has 0 aromatic carbocycles. The van der Waals surface area contributed by atoms with Gasteiger partial charge in [-0.2, -0.15) is 10.1 Å². The molecule has 0 bridgehead atoms. The van der Waals surface area contributed by atoms with Gasteiger partial charge in [-0.1, -0.05) is 19.0 Å². The van der Waals surface area contributed by atoms with Crippen LogP contribution in [0.4, 0.5) is 0 Å². The van der Waals surface area contributed by atoms with Crippen LogP contribution in [0.1, 0.15) is 48.9 Å². The van der Waals surface area contributed by atoms with Crippen LogP contribution < -0.4 is 0 Å². The van der Waals surface area contributed by atoms with Gasteiger partial charge in [0.1, 0.15) is 5.82 Å². The summed E-state index contributed by atoms with van der Waals surface area (Å²) in [5.74, 6) is 2.49. The summed E-state index contributed by atoms with van der Waals surface area (Å²) in [6.45, 7) is 7.25. The Labute approximate surface area is 157 Å². The van der Waals surface area contributed by atoms with E-state index in [9.17, 15) is 5.11 Å². The van der Waals surface area contributed by atoms with E-state index >= 15 is 0 Å². The molecule has 0 radical (unpaired) electrons. The number of hydrogen-bond acceptors (Lipinski definition) is 7. The Kier molecular flexibility index (Phi) is 4.79. The molecule has 27 heavy (non-hydrogen) atoms. The highest BCUT2D eigenvalue weighted by Crippen LogP contribution is 2.23. The molecule has 0 spiro atoms. The molecule has 0 unspecified atom stereocenters. The lowest BCUT2D eigenvalue weighted by atomic mass is 10.1. The molecule has 1 atom stereocenters. The molecule has 0 saturated carbocycles. The fourth-order valence-electron chi connectivity index (χ4n) is 3.37. The molecule has 9 nitrogen and oxygen atoms in total. The Bertz CT molecular complexity index is 911. The lowest BCUT2D eigenvalue weighted by Crippen LogP contribution is -2.33. The Morgan fingerprint density at radius 1 is 1.30 bits per heavy atom. The molecular formula is C18H25N7O2. The van der Waals surface area contributed by atoms with Crippen LogP contribution in [0.2, 0.25) is 0 Å². The molecule has 144 valence electrons. The molecule has 1 aliphatic heterocycles. The maximum atomic E-state index is 10.6. The zero-order chi connectivity index (χ0) is 19.0. The first-order valence-electron chi connectivity index (χ1n) is 9.25. The normalized spacial score (nSPS) is 16.0. The van der Waals surface area contributed by atoms with Crippen molar-refractivity contribution in [1.82, 2.24) is 34.4 Å². The number of aliphatic hydroxyl groups is 1. The largest absolute Gasteiger partial charge is 0.379 e. The fourth-order valence-corrected chi connectivity index (χ4v) is 3.37. The number of nitrogens with zero attached hydrogens (tertiary/aromatic N) is 7. The number of imidazole rings is 1. The average molecular weight is 371 g/mol. The van der Waals surface area contributed by atoms with Gasteiger partial charge in [0, 0.05) is 39.0 Å². The number of hydrogen-bond donors (Lipinski definition) is 1. The van der Waals surface area contributed by atoms with Crippen molar-refractivity contribution in [2.75, 3.05) is 6.54 Å². The highest BCUT2D eigenvalue weighted by atomic mass is 16.5. The highest BCUT2D eigenvalue weighted by Gasteiger charge is 2.24. The highest BCUT2D eigenvalue weighted by molar-refractivity contribution is 5.19. The van der Waals surface area contributed by atoms with Gasteiger partial charge in [0.15, 0.2) is 11.9 Å². The van der Waals surface area contributed by atoms with E-state index in [1.165, 1.54) is 0 Å². The van der Waals surface area contributed by atoms with E-state index in [0.717, 1.165) is 31.7 Å². The Morgan fingerprint density at radius 2 is 2.15 bits per heavy atom. The first kappa shape index (κ1) is 17.9. The second-order valence-corrected chi connectivity index (χ2v) is 7.50. The standard InChI is InChI=1S/C18H25N7O2/c1-12(2)8-16-20-15(22-27-16)11-24-6-7-25-13(10-24)9-14(21-25)17(26)18-19-4-5-23(18)3/h4-5,9,12,17,26H,6-8,10-11H2,1-3H3/t17-/m0/s1. The minimum Gasteiger partial charge on any atom is -0.379 e. The monoisotopic (exact) mass is 371 g/mol. The van der Waals surface area contributed by atoms with Gasteiger partial charge < -0.3 is 14.2 Å². The van der Waals surface area contributed by atoms with E-state index in [2.05, 4.69) is 39.0 Å². The molecule has 0 fully saturated rings. The Morgan fingerprint density at radius 3 is 2.89 bits per heavy atom. The second kappa shape index (κ2) is 7.24. The summed E-state index contributed by atoms with van der Waals surface area (Å²) in [5, 5.41) is 19.2. The van der Waals surface area contributed by atoms with Crippen LogP contribution in [0.5, 0.6) is 0 Å². The second-order valence-electron chi connectivity index (χ2n) is 7.50. The molecule has 0 amide bonds. The topological polar surface area (TPSA) is 98.0 Å². The molecule has 4 rings (SSSR count). The van der Waals surface area contributed by atoms with Crippen LogP contribution >= 0.6 is 0 Å². The number of fused-ring (bicyclic) bond motifs is 1. The molecule has 0 saturated heterocycles. The quantitative estimate of drug-likeness (QED) is 0.697. The van der Waals surface area contributed by atoms with Gasteiger partial charge in [-0.05, 0) is 12.0 Å². The van der Waals surface area contributed by atoms with Crippen molar-refractivity contribution in [2.24, 2.45) is 13.0 Å². The van der Waals surface area contributed by atoms with Crippen LogP contribution in [0.25, 0.3) is 0 Å². The van der Waals surface area contributed by atoms with Crippen LogP contribution in [0.3, 0.4) is 0 Å². The van der Waals surface area contributed by atoms with Crippen molar-refractivity contribution in [3.63, 3.8) is 0 Å². The molecule has 0 aliphatic carbocycles.